The Morgan fingerprint density at radius 1 is 1.26 bits per heavy atom. The fourth-order valence-electron chi connectivity index (χ4n) is 2.32. The van der Waals surface area contributed by atoms with Crippen LogP contribution in [-0.2, 0) is 13.0 Å². The van der Waals surface area contributed by atoms with E-state index in [0.717, 1.165) is 36.9 Å². The predicted octanol–water partition coefficient (Wildman–Crippen LogP) is 2.01. The molecule has 0 fully saturated rings. The Hall–Kier alpha value is -2.41. The van der Waals surface area contributed by atoms with Crippen LogP contribution in [0.15, 0.2) is 40.8 Å². The SMILES string of the molecule is CN=C(NCCc1nnc2ccccn12)NCc1sccc1C. The number of fused-ring (bicyclic) bond motifs is 1. The standard InChI is InChI=1S/C16H20N6S/c1-12-7-10-23-13(12)11-19-16(17-2)18-8-6-15-21-20-14-5-3-4-9-22(14)15/h3-5,7,9-10H,6,8,11H2,1-2H3,(H2,17,18,19). The first-order valence-electron chi connectivity index (χ1n) is 7.54. The lowest BCUT2D eigenvalue weighted by atomic mass is 10.3. The molecule has 0 saturated heterocycles. The molecule has 0 amide bonds. The molecule has 3 aromatic heterocycles. The summed E-state index contributed by atoms with van der Waals surface area (Å²) in [6.07, 6.45) is 2.77. The fourth-order valence-corrected chi connectivity index (χ4v) is 3.17. The second kappa shape index (κ2) is 7.23. The Morgan fingerprint density at radius 3 is 2.96 bits per heavy atom. The molecule has 0 saturated carbocycles. The number of thiophene rings is 1. The highest BCUT2D eigenvalue weighted by Gasteiger charge is 2.05. The maximum Gasteiger partial charge on any atom is 0.191 e. The number of aryl methyl sites for hydroxylation is 1. The molecule has 0 spiro atoms. The lowest BCUT2D eigenvalue weighted by Gasteiger charge is -2.11. The molecular formula is C16H20N6S. The van der Waals surface area contributed by atoms with Gasteiger partial charge in [-0.2, -0.15) is 0 Å². The van der Waals surface area contributed by atoms with E-state index in [0.29, 0.717) is 0 Å². The van der Waals surface area contributed by atoms with Crippen molar-refractivity contribution in [2.75, 3.05) is 13.6 Å². The third-order valence-corrected chi connectivity index (χ3v) is 4.66. The van der Waals surface area contributed by atoms with Gasteiger partial charge in [0, 0.05) is 31.1 Å². The summed E-state index contributed by atoms with van der Waals surface area (Å²) in [5, 5.41) is 17.2. The highest BCUT2D eigenvalue weighted by molar-refractivity contribution is 7.10. The van der Waals surface area contributed by atoms with Crippen LogP contribution in [0.2, 0.25) is 0 Å². The molecule has 0 atom stereocenters. The number of hydrogen-bond donors (Lipinski definition) is 2. The second-order valence-electron chi connectivity index (χ2n) is 5.17. The molecule has 3 rings (SSSR count). The minimum absolute atomic E-state index is 0.749. The van der Waals surface area contributed by atoms with Crippen LogP contribution in [0.25, 0.3) is 5.65 Å². The molecule has 7 heteroatoms. The lowest BCUT2D eigenvalue weighted by molar-refractivity contribution is 0.762. The number of aromatic nitrogens is 3. The van der Waals surface area contributed by atoms with Gasteiger partial charge in [-0.05, 0) is 36.1 Å². The molecule has 0 aromatic carbocycles. The molecule has 23 heavy (non-hydrogen) atoms. The van der Waals surface area contributed by atoms with Crippen molar-refractivity contribution in [1.82, 2.24) is 25.2 Å². The molecule has 0 radical (unpaired) electrons. The zero-order valence-corrected chi connectivity index (χ0v) is 14.1. The van der Waals surface area contributed by atoms with Crippen LogP contribution in [0.3, 0.4) is 0 Å². The number of nitrogens with one attached hydrogen (secondary N) is 2. The Balaban J connectivity index is 1.51. The first kappa shape index (κ1) is 15.5. The Labute approximate surface area is 139 Å². The van der Waals surface area contributed by atoms with Crippen LogP contribution in [0, 0.1) is 6.92 Å². The van der Waals surface area contributed by atoms with Gasteiger partial charge in [-0.1, -0.05) is 6.07 Å². The van der Waals surface area contributed by atoms with Crippen LogP contribution >= 0.6 is 11.3 Å². The Kier molecular flexibility index (Phi) is 4.87. The lowest BCUT2D eigenvalue weighted by Crippen LogP contribution is -2.38. The van der Waals surface area contributed by atoms with Gasteiger partial charge in [0.1, 0.15) is 5.82 Å². The molecule has 120 valence electrons. The first-order valence-corrected chi connectivity index (χ1v) is 8.42. The van der Waals surface area contributed by atoms with Crippen LogP contribution in [0.4, 0.5) is 0 Å². The minimum Gasteiger partial charge on any atom is -0.356 e. The summed E-state index contributed by atoms with van der Waals surface area (Å²) in [7, 11) is 1.78. The summed E-state index contributed by atoms with van der Waals surface area (Å²) in [4.78, 5) is 5.58. The van der Waals surface area contributed by atoms with Crippen molar-refractivity contribution in [1.29, 1.82) is 0 Å². The molecule has 0 aliphatic heterocycles. The van der Waals surface area contributed by atoms with Crippen molar-refractivity contribution in [3.05, 3.63) is 52.1 Å². The van der Waals surface area contributed by atoms with E-state index in [1.54, 1.807) is 18.4 Å². The molecule has 0 unspecified atom stereocenters. The average Bonchev–Trinajstić information content (AvgIpc) is 3.17. The third kappa shape index (κ3) is 3.68. The molecule has 6 nitrogen and oxygen atoms in total. The summed E-state index contributed by atoms with van der Waals surface area (Å²) in [6, 6.07) is 8.03. The predicted molar refractivity (Wildman–Crippen MR) is 93.9 cm³/mol. The third-order valence-electron chi connectivity index (χ3n) is 3.63. The van der Waals surface area contributed by atoms with Gasteiger partial charge >= 0.3 is 0 Å². The fraction of sp³-hybridized carbons (Fsp3) is 0.312. The minimum atomic E-state index is 0.749. The summed E-state index contributed by atoms with van der Waals surface area (Å²) in [5.74, 6) is 1.74. The van der Waals surface area contributed by atoms with Crippen molar-refractivity contribution in [2.45, 2.75) is 19.9 Å². The highest BCUT2D eigenvalue weighted by atomic mass is 32.1. The normalized spacial score (nSPS) is 11.8. The number of pyridine rings is 1. The van der Waals surface area contributed by atoms with E-state index in [1.807, 2.05) is 28.8 Å². The number of guanidine groups is 1. The van der Waals surface area contributed by atoms with Crippen LogP contribution < -0.4 is 10.6 Å². The van der Waals surface area contributed by atoms with E-state index in [9.17, 15) is 0 Å². The summed E-state index contributed by atoms with van der Waals surface area (Å²) in [5.41, 5.74) is 2.19. The van der Waals surface area contributed by atoms with Gasteiger partial charge in [0.05, 0.1) is 6.54 Å². The topological polar surface area (TPSA) is 66.6 Å². The maximum absolute atomic E-state index is 4.25. The van der Waals surface area contributed by atoms with Crippen molar-refractivity contribution < 1.29 is 0 Å². The molecule has 2 N–H and O–H groups in total. The quantitative estimate of drug-likeness (QED) is 0.555. The monoisotopic (exact) mass is 328 g/mol. The second-order valence-corrected chi connectivity index (χ2v) is 6.18. The summed E-state index contributed by atoms with van der Waals surface area (Å²) >= 11 is 1.76. The molecule has 3 heterocycles. The maximum atomic E-state index is 4.25. The zero-order chi connectivity index (χ0) is 16.1. The van der Waals surface area contributed by atoms with E-state index < -0.39 is 0 Å². The van der Waals surface area contributed by atoms with Crippen molar-refractivity contribution >= 4 is 22.9 Å². The van der Waals surface area contributed by atoms with Crippen molar-refractivity contribution in [3.63, 3.8) is 0 Å². The van der Waals surface area contributed by atoms with Crippen molar-refractivity contribution in [3.8, 4) is 0 Å². The smallest absolute Gasteiger partial charge is 0.191 e. The van der Waals surface area contributed by atoms with Gasteiger partial charge in [-0.25, -0.2) is 0 Å². The van der Waals surface area contributed by atoms with Gasteiger partial charge < -0.3 is 10.6 Å². The van der Waals surface area contributed by atoms with E-state index >= 15 is 0 Å². The van der Waals surface area contributed by atoms with E-state index in [1.165, 1.54) is 10.4 Å². The molecule has 0 aliphatic rings. The van der Waals surface area contributed by atoms with E-state index in [-0.39, 0.29) is 0 Å². The van der Waals surface area contributed by atoms with Gasteiger partial charge in [0.2, 0.25) is 0 Å². The first-order chi connectivity index (χ1) is 11.3. The molecule has 0 aliphatic carbocycles. The van der Waals surface area contributed by atoms with Gasteiger partial charge in [0.15, 0.2) is 11.6 Å². The molecule has 0 bridgehead atoms. The number of nitrogens with zero attached hydrogens (tertiary/aromatic N) is 4. The average molecular weight is 328 g/mol. The Morgan fingerprint density at radius 2 is 2.17 bits per heavy atom. The van der Waals surface area contributed by atoms with E-state index in [2.05, 4.69) is 44.2 Å². The van der Waals surface area contributed by atoms with Gasteiger partial charge in [-0.15, -0.1) is 21.5 Å². The van der Waals surface area contributed by atoms with Crippen molar-refractivity contribution in [2.24, 2.45) is 4.99 Å². The van der Waals surface area contributed by atoms with Crippen LogP contribution in [0.5, 0.6) is 0 Å². The zero-order valence-electron chi connectivity index (χ0n) is 13.3. The number of aliphatic imine (C=N–C) groups is 1. The molecule has 3 aromatic rings. The van der Waals surface area contributed by atoms with Crippen LogP contribution in [0.1, 0.15) is 16.3 Å². The van der Waals surface area contributed by atoms with Gasteiger partial charge in [-0.3, -0.25) is 9.39 Å². The van der Waals surface area contributed by atoms with Crippen LogP contribution in [-0.4, -0.2) is 34.2 Å². The Bertz CT molecular complexity index is 804. The van der Waals surface area contributed by atoms with E-state index in [4.69, 9.17) is 0 Å². The number of hydrogen-bond acceptors (Lipinski definition) is 4. The number of rotatable bonds is 5. The molecular weight excluding hydrogens is 308 g/mol. The summed E-state index contributed by atoms with van der Waals surface area (Å²) < 4.78 is 2.01. The highest BCUT2D eigenvalue weighted by Crippen LogP contribution is 2.14. The summed E-state index contributed by atoms with van der Waals surface area (Å²) in [6.45, 7) is 3.66. The van der Waals surface area contributed by atoms with Gasteiger partial charge in [0.25, 0.3) is 0 Å². The largest absolute Gasteiger partial charge is 0.356 e.